The van der Waals surface area contributed by atoms with Crippen LogP contribution in [0.2, 0.25) is 0 Å². The Morgan fingerprint density at radius 3 is 2.61 bits per heavy atom. The number of carbonyl (C=O) groups is 1. The second kappa shape index (κ2) is 6.01. The fourth-order valence-corrected chi connectivity index (χ4v) is 2.02. The summed E-state index contributed by atoms with van der Waals surface area (Å²) in [5.74, 6) is -0.0479. The molecule has 0 N–H and O–H groups in total. The van der Waals surface area contributed by atoms with E-state index in [0.717, 1.165) is 19.3 Å². The van der Waals surface area contributed by atoms with Crippen LogP contribution in [0, 0.1) is 5.41 Å². The number of hydrogen-bond acceptors (Lipinski definition) is 3. The number of hydrogen-bond donors (Lipinski definition) is 0. The second-order valence-corrected chi connectivity index (χ2v) is 4.79. The van der Waals surface area contributed by atoms with E-state index in [-0.39, 0.29) is 11.4 Å². The van der Waals surface area contributed by atoms with Crippen molar-refractivity contribution in [3.05, 3.63) is 35.9 Å². The van der Waals surface area contributed by atoms with Crippen LogP contribution < -0.4 is 0 Å². The molecule has 0 unspecified atom stereocenters. The Morgan fingerprint density at radius 1 is 1.28 bits per heavy atom. The van der Waals surface area contributed by atoms with Gasteiger partial charge in [-0.2, -0.15) is 0 Å². The third-order valence-corrected chi connectivity index (χ3v) is 3.40. The maximum absolute atomic E-state index is 11.7. The minimum atomic E-state index is -0.229. The van der Waals surface area contributed by atoms with Gasteiger partial charge in [0.05, 0.1) is 18.6 Å². The van der Waals surface area contributed by atoms with Crippen molar-refractivity contribution in [2.75, 3.05) is 13.2 Å². The van der Waals surface area contributed by atoms with Gasteiger partial charge >= 0.3 is 5.97 Å². The third kappa shape index (κ3) is 3.33. The van der Waals surface area contributed by atoms with Gasteiger partial charge in [0, 0.05) is 6.61 Å². The summed E-state index contributed by atoms with van der Waals surface area (Å²) in [6, 6.07) is 10.1. The molecule has 0 radical (unpaired) electrons. The summed E-state index contributed by atoms with van der Waals surface area (Å²) < 4.78 is 10.7. The Balaban J connectivity index is 1.68. The Hall–Kier alpha value is -1.35. The highest BCUT2D eigenvalue weighted by molar-refractivity contribution is 5.79. The number of benzene rings is 1. The van der Waals surface area contributed by atoms with Gasteiger partial charge in [-0.3, -0.25) is 4.79 Å². The number of ether oxygens (including phenoxy) is 2. The Labute approximate surface area is 108 Å². The number of esters is 1. The molecule has 18 heavy (non-hydrogen) atoms. The molecular weight excluding hydrogens is 228 g/mol. The van der Waals surface area contributed by atoms with Crippen molar-refractivity contribution in [2.45, 2.75) is 32.8 Å². The highest BCUT2D eigenvalue weighted by Gasteiger charge is 2.50. The minimum absolute atomic E-state index is 0.0479. The average molecular weight is 248 g/mol. The molecule has 1 fully saturated rings. The van der Waals surface area contributed by atoms with Gasteiger partial charge in [0.1, 0.15) is 0 Å². The van der Waals surface area contributed by atoms with Crippen LogP contribution in [0.15, 0.2) is 30.3 Å². The first-order chi connectivity index (χ1) is 8.77. The van der Waals surface area contributed by atoms with E-state index in [1.54, 1.807) is 0 Å². The van der Waals surface area contributed by atoms with Gasteiger partial charge in [-0.1, -0.05) is 30.3 Å². The van der Waals surface area contributed by atoms with E-state index in [9.17, 15) is 4.79 Å². The summed E-state index contributed by atoms with van der Waals surface area (Å²) in [5.41, 5.74) is 0.936. The van der Waals surface area contributed by atoms with E-state index in [0.29, 0.717) is 19.8 Å². The molecule has 1 aliphatic rings. The molecule has 2 rings (SSSR count). The predicted octanol–water partition coefficient (Wildman–Crippen LogP) is 2.94. The molecule has 0 aliphatic heterocycles. The van der Waals surface area contributed by atoms with Crippen LogP contribution in [0.5, 0.6) is 0 Å². The van der Waals surface area contributed by atoms with Crippen LogP contribution in [-0.2, 0) is 20.9 Å². The topological polar surface area (TPSA) is 35.5 Å². The van der Waals surface area contributed by atoms with Gasteiger partial charge in [-0.15, -0.1) is 0 Å². The van der Waals surface area contributed by atoms with Crippen LogP contribution in [0.25, 0.3) is 0 Å². The maximum Gasteiger partial charge on any atom is 0.312 e. The SMILES string of the molecule is CCOC(=O)C1(CCOCc2ccccc2)CC1. The summed E-state index contributed by atoms with van der Waals surface area (Å²) in [4.78, 5) is 11.7. The van der Waals surface area contributed by atoms with Crippen molar-refractivity contribution in [3.63, 3.8) is 0 Å². The lowest BCUT2D eigenvalue weighted by Crippen LogP contribution is -2.20. The lowest BCUT2D eigenvalue weighted by molar-refractivity contribution is -0.150. The van der Waals surface area contributed by atoms with Crippen LogP contribution >= 0.6 is 0 Å². The zero-order chi connectivity index (χ0) is 12.8. The zero-order valence-corrected chi connectivity index (χ0v) is 10.9. The summed E-state index contributed by atoms with van der Waals surface area (Å²) >= 11 is 0. The van der Waals surface area contributed by atoms with E-state index in [4.69, 9.17) is 9.47 Å². The van der Waals surface area contributed by atoms with E-state index in [2.05, 4.69) is 0 Å². The zero-order valence-electron chi connectivity index (χ0n) is 10.9. The molecule has 0 bridgehead atoms. The summed E-state index contributed by atoms with van der Waals surface area (Å²) in [7, 11) is 0. The lowest BCUT2D eigenvalue weighted by atomic mass is 10.0. The number of carbonyl (C=O) groups excluding carboxylic acids is 1. The monoisotopic (exact) mass is 248 g/mol. The van der Waals surface area contributed by atoms with E-state index < -0.39 is 0 Å². The first kappa shape index (κ1) is 13.1. The molecule has 0 atom stereocenters. The van der Waals surface area contributed by atoms with Gasteiger partial charge in [-0.25, -0.2) is 0 Å². The van der Waals surface area contributed by atoms with E-state index in [1.165, 1.54) is 5.56 Å². The highest BCUT2D eigenvalue weighted by atomic mass is 16.5. The molecule has 1 aromatic carbocycles. The molecule has 1 saturated carbocycles. The first-order valence-corrected chi connectivity index (χ1v) is 6.56. The molecule has 0 amide bonds. The molecule has 0 saturated heterocycles. The van der Waals surface area contributed by atoms with Crippen molar-refractivity contribution in [1.82, 2.24) is 0 Å². The van der Waals surface area contributed by atoms with E-state index >= 15 is 0 Å². The van der Waals surface area contributed by atoms with Gasteiger partial charge in [0.25, 0.3) is 0 Å². The second-order valence-electron chi connectivity index (χ2n) is 4.79. The minimum Gasteiger partial charge on any atom is -0.466 e. The van der Waals surface area contributed by atoms with Crippen LogP contribution in [-0.4, -0.2) is 19.2 Å². The van der Waals surface area contributed by atoms with Gasteiger partial charge < -0.3 is 9.47 Å². The molecule has 3 nitrogen and oxygen atoms in total. The van der Waals surface area contributed by atoms with Crippen molar-refractivity contribution >= 4 is 5.97 Å². The van der Waals surface area contributed by atoms with Crippen molar-refractivity contribution in [2.24, 2.45) is 5.41 Å². The van der Waals surface area contributed by atoms with Crippen LogP contribution in [0.4, 0.5) is 0 Å². The largest absolute Gasteiger partial charge is 0.466 e. The van der Waals surface area contributed by atoms with Gasteiger partial charge in [-0.05, 0) is 31.7 Å². The molecule has 1 aromatic rings. The van der Waals surface area contributed by atoms with Crippen molar-refractivity contribution < 1.29 is 14.3 Å². The first-order valence-electron chi connectivity index (χ1n) is 6.56. The van der Waals surface area contributed by atoms with Crippen molar-refractivity contribution in [1.29, 1.82) is 0 Å². The van der Waals surface area contributed by atoms with Gasteiger partial charge in [0.15, 0.2) is 0 Å². The molecule has 98 valence electrons. The smallest absolute Gasteiger partial charge is 0.312 e. The Kier molecular flexibility index (Phi) is 4.37. The van der Waals surface area contributed by atoms with E-state index in [1.807, 2.05) is 37.3 Å². The molecule has 0 aromatic heterocycles. The molecule has 0 spiro atoms. The number of rotatable bonds is 7. The standard InChI is InChI=1S/C15H20O3/c1-2-18-14(16)15(8-9-15)10-11-17-12-13-6-4-3-5-7-13/h3-7H,2,8-12H2,1H3. The lowest BCUT2D eigenvalue weighted by Gasteiger charge is -2.13. The summed E-state index contributed by atoms with van der Waals surface area (Å²) in [5, 5.41) is 0. The van der Waals surface area contributed by atoms with Gasteiger partial charge in [0.2, 0.25) is 0 Å². The molecule has 0 heterocycles. The molecule has 3 heteroatoms. The average Bonchev–Trinajstić information content (AvgIpc) is 3.18. The van der Waals surface area contributed by atoms with Crippen molar-refractivity contribution in [3.8, 4) is 0 Å². The molecular formula is C15H20O3. The third-order valence-electron chi connectivity index (χ3n) is 3.40. The summed E-state index contributed by atoms with van der Waals surface area (Å²) in [6.45, 7) is 3.54. The fraction of sp³-hybridized carbons (Fsp3) is 0.533. The van der Waals surface area contributed by atoms with Crippen LogP contribution in [0.1, 0.15) is 31.7 Å². The highest BCUT2D eigenvalue weighted by Crippen LogP contribution is 2.49. The molecule has 1 aliphatic carbocycles. The maximum atomic E-state index is 11.7. The summed E-state index contributed by atoms with van der Waals surface area (Å²) in [6.07, 6.45) is 2.67. The Morgan fingerprint density at radius 2 is 2.00 bits per heavy atom. The predicted molar refractivity (Wildman–Crippen MR) is 69.0 cm³/mol. The normalized spacial score (nSPS) is 16.3. The quantitative estimate of drug-likeness (QED) is 0.550. The van der Waals surface area contributed by atoms with Crippen LogP contribution in [0.3, 0.4) is 0 Å². The Bertz CT molecular complexity index is 382. The fourth-order valence-electron chi connectivity index (χ4n) is 2.02.